The van der Waals surface area contributed by atoms with E-state index in [1.54, 1.807) is 35.6 Å². The molecule has 8 heteroatoms. The molecule has 2 amide bonds. The molecule has 5 nitrogen and oxygen atoms in total. The van der Waals surface area contributed by atoms with Gasteiger partial charge in [0.15, 0.2) is 0 Å². The summed E-state index contributed by atoms with van der Waals surface area (Å²) in [5.41, 5.74) is 0.473. The van der Waals surface area contributed by atoms with E-state index in [-0.39, 0.29) is 17.1 Å². The zero-order valence-electron chi connectivity index (χ0n) is 14.3. The van der Waals surface area contributed by atoms with Gasteiger partial charge in [0, 0.05) is 22.5 Å². The fraction of sp³-hybridized carbons (Fsp3) is 0.263. The summed E-state index contributed by atoms with van der Waals surface area (Å²) >= 11 is 8.88. The highest BCUT2D eigenvalue weighted by molar-refractivity contribution is 8.00. The van der Waals surface area contributed by atoms with E-state index in [1.165, 1.54) is 23.0 Å². The molecule has 0 bridgehead atoms. The minimum Gasteiger partial charge on any atom is -0.278 e. The fourth-order valence-corrected chi connectivity index (χ4v) is 5.17. The minimum absolute atomic E-state index is 0.153. The van der Waals surface area contributed by atoms with Gasteiger partial charge in [0.1, 0.15) is 16.2 Å². The number of thioether (sulfide) groups is 1. The van der Waals surface area contributed by atoms with Gasteiger partial charge in [-0.15, -0.1) is 11.3 Å². The Bertz CT molecular complexity index is 990. The first-order chi connectivity index (χ1) is 13.1. The monoisotopic (exact) mass is 417 g/mol. The maximum absolute atomic E-state index is 13.1. The molecule has 138 valence electrons. The van der Waals surface area contributed by atoms with Crippen LogP contribution in [0.15, 0.2) is 47.1 Å². The number of amides is 2. The maximum atomic E-state index is 13.1. The first kappa shape index (κ1) is 18.4. The van der Waals surface area contributed by atoms with Crippen molar-refractivity contribution in [3.05, 3.63) is 52.6 Å². The first-order valence-electron chi connectivity index (χ1n) is 8.59. The predicted molar refractivity (Wildman–Crippen MR) is 108 cm³/mol. The molecule has 1 fully saturated rings. The smallest absolute Gasteiger partial charge is 0.260 e. The summed E-state index contributed by atoms with van der Waals surface area (Å²) in [7, 11) is 0. The molecule has 0 saturated carbocycles. The van der Waals surface area contributed by atoms with E-state index in [9.17, 15) is 9.59 Å². The Morgan fingerprint density at radius 1 is 1.19 bits per heavy atom. The van der Waals surface area contributed by atoms with Crippen molar-refractivity contribution < 1.29 is 9.59 Å². The Morgan fingerprint density at radius 2 is 2.00 bits per heavy atom. The molecular weight excluding hydrogens is 402 g/mol. The van der Waals surface area contributed by atoms with Crippen LogP contribution in [0.4, 0.5) is 0 Å². The average molecular weight is 418 g/mol. The van der Waals surface area contributed by atoms with Crippen LogP contribution in [-0.4, -0.2) is 38.5 Å². The van der Waals surface area contributed by atoms with Gasteiger partial charge in [-0.05, 0) is 48.6 Å². The summed E-state index contributed by atoms with van der Waals surface area (Å²) in [5, 5.41) is 3.95. The normalized spacial score (nSPS) is 17.9. The third-order valence-corrected chi connectivity index (χ3v) is 6.80. The van der Waals surface area contributed by atoms with E-state index < -0.39 is 0 Å². The van der Waals surface area contributed by atoms with Crippen LogP contribution in [0.25, 0.3) is 10.2 Å². The quantitative estimate of drug-likeness (QED) is 0.458. The lowest BCUT2D eigenvalue weighted by Crippen LogP contribution is -2.41. The van der Waals surface area contributed by atoms with Crippen molar-refractivity contribution in [1.29, 1.82) is 0 Å². The van der Waals surface area contributed by atoms with Crippen molar-refractivity contribution in [2.75, 3.05) is 6.54 Å². The Hall–Kier alpha value is -1.96. The molecule has 0 spiro atoms. The molecule has 3 heterocycles. The topological polar surface area (TPSA) is 63.2 Å². The van der Waals surface area contributed by atoms with Crippen molar-refractivity contribution in [3.63, 3.8) is 0 Å². The number of carbonyl (C=O) groups is 2. The molecule has 1 aliphatic rings. The summed E-state index contributed by atoms with van der Waals surface area (Å²) in [5.74, 6) is -0.424. The summed E-state index contributed by atoms with van der Waals surface area (Å²) in [6.07, 6.45) is 3.95. The molecule has 1 aliphatic heterocycles. The molecular formula is C19H16ClN3O2S2. The van der Waals surface area contributed by atoms with Gasteiger partial charge in [-0.25, -0.2) is 9.97 Å². The van der Waals surface area contributed by atoms with Gasteiger partial charge >= 0.3 is 0 Å². The minimum atomic E-state index is -0.332. The number of benzene rings is 1. The lowest BCUT2D eigenvalue weighted by atomic mass is 10.2. The zero-order valence-corrected chi connectivity index (χ0v) is 16.7. The molecule has 0 unspecified atom stereocenters. The second-order valence-electron chi connectivity index (χ2n) is 6.22. The number of aromatic nitrogens is 2. The summed E-state index contributed by atoms with van der Waals surface area (Å²) in [6, 6.07) is 8.61. The molecule has 1 aromatic carbocycles. The van der Waals surface area contributed by atoms with E-state index in [4.69, 9.17) is 11.6 Å². The first-order valence-corrected chi connectivity index (χ1v) is 10.7. The standard InChI is InChI=1S/C19H16ClN3O2S2/c20-13-6-4-12(5-7-13)18(24)23-9-2-1-3-15(19(23)25)27-17-14-8-10-26-16(14)21-11-22-17/h4-8,10-11,15H,1-3,9H2/t15-/m0/s1. The van der Waals surface area contributed by atoms with E-state index in [1.807, 2.05) is 11.4 Å². The van der Waals surface area contributed by atoms with Crippen LogP contribution >= 0.6 is 34.7 Å². The Labute approximate surface area is 169 Å². The number of likely N-dealkylation sites (tertiary alicyclic amines) is 1. The number of hydrogen-bond donors (Lipinski definition) is 0. The van der Waals surface area contributed by atoms with Crippen LogP contribution in [0.3, 0.4) is 0 Å². The van der Waals surface area contributed by atoms with Crippen molar-refractivity contribution in [1.82, 2.24) is 14.9 Å². The van der Waals surface area contributed by atoms with Gasteiger partial charge in [-0.1, -0.05) is 29.8 Å². The fourth-order valence-electron chi connectivity index (χ4n) is 3.06. The number of hydrogen-bond acceptors (Lipinski definition) is 6. The average Bonchev–Trinajstić information content (AvgIpc) is 3.09. The number of thiophene rings is 1. The third kappa shape index (κ3) is 3.85. The molecule has 0 aliphatic carbocycles. The van der Waals surface area contributed by atoms with E-state index >= 15 is 0 Å². The third-order valence-electron chi connectivity index (χ3n) is 4.45. The number of nitrogens with zero attached hydrogens (tertiary/aromatic N) is 3. The van der Waals surface area contributed by atoms with Gasteiger partial charge in [0.25, 0.3) is 5.91 Å². The van der Waals surface area contributed by atoms with E-state index in [0.717, 1.165) is 34.5 Å². The zero-order chi connectivity index (χ0) is 18.8. The summed E-state index contributed by atoms with van der Waals surface area (Å²) < 4.78 is 0. The SMILES string of the molecule is O=C(c1ccc(Cl)cc1)N1CCCC[C@H](Sc2ncnc3sccc23)C1=O. The predicted octanol–water partition coefficient (Wildman–Crippen LogP) is 4.66. The van der Waals surface area contributed by atoms with Crippen molar-refractivity contribution in [2.24, 2.45) is 0 Å². The molecule has 0 radical (unpaired) electrons. The molecule has 4 rings (SSSR count). The Morgan fingerprint density at radius 3 is 2.81 bits per heavy atom. The van der Waals surface area contributed by atoms with Crippen molar-refractivity contribution >= 4 is 56.7 Å². The number of imide groups is 1. The molecule has 2 aromatic heterocycles. The lowest BCUT2D eigenvalue weighted by Gasteiger charge is -2.22. The van der Waals surface area contributed by atoms with Gasteiger partial charge in [0.05, 0.1) is 5.25 Å². The number of carbonyl (C=O) groups excluding carboxylic acids is 2. The highest BCUT2D eigenvalue weighted by atomic mass is 35.5. The van der Waals surface area contributed by atoms with Crippen molar-refractivity contribution in [2.45, 2.75) is 29.5 Å². The maximum Gasteiger partial charge on any atom is 0.260 e. The van der Waals surface area contributed by atoms with Gasteiger partial charge < -0.3 is 0 Å². The van der Waals surface area contributed by atoms with Crippen LogP contribution in [-0.2, 0) is 4.79 Å². The highest BCUT2D eigenvalue weighted by Gasteiger charge is 2.32. The van der Waals surface area contributed by atoms with Crippen LogP contribution in [0, 0.1) is 0 Å². The van der Waals surface area contributed by atoms with Gasteiger partial charge in [0.2, 0.25) is 5.91 Å². The van der Waals surface area contributed by atoms with Gasteiger partial charge in [-0.2, -0.15) is 0 Å². The lowest BCUT2D eigenvalue weighted by molar-refractivity contribution is -0.127. The Balaban J connectivity index is 1.58. The van der Waals surface area contributed by atoms with Crippen LogP contribution in [0.2, 0.25) is 5.02 Å². The summed E-state index contributed by atoms with van der Waals surface area (Å²) in [6.45, 7) is 0.439. The van der Waals surface area contributed by atoms with Crippen molar-refractivity contribution in [3.8, 4) is 0 Å². The molecule has 3 aromatic rings. The number of halogens is 1. The van der Waals surface area contributed by atoms with Gasteiger partial charge in [-0.3, -0.25) is 14.5 Å². The molecule has 1 saturated heterocycles. The Kier molecular flexibility index (Phi) is 5.43. The second-order valence-corrected chi connectivity index (χ2v) is 8.74. The highest BCUT2D eigenvalue weighted by Crippen LogP contribution is 2.34. The number of fused-ring (bicyclic) bond motifs is 1. The summed E-state index contributed by atoms with van der Waals surface area (Å²) in [4.78, 5) is 36.9. The van der Waals surface area contributed by atoms with Crippen LogP contribution in [0.1, 0.15) is 29.6 Å². The molecule has 0 N–H and O–H groups in total. The van der Waals surface area contributed by atoms with E-state index in [2.05, 4.69) is 9.97 Å². The van der Waals surface area contributed by atoms with Crippen LogP contribution in [0.5, 0.6) is 0 Å². The molecule has 27 heavy (non-hydrogen) atoms. The molecule has 1 atom stereocenters. The largest absolute Gasteiger partial charge is 0.278 e. The van der Waals surface area contributed by atoms with E-state index in [0.29, 0.717) is 17.1 Å². The number of rotatable bonds is 3. The van der Waals surface area contributed by atoms with Crippen LogP contribution < -0.4 is 0 Å². The second kappa shape index (κ2) is 7.96.